The van der Waals surface area contributed by atoms with Gasteiger partial charge < -0.3 is 0 Å². The van der Waals surface area contributed by atoms with Gasteiger partial charge in [-0.15, -0.1) is 0 Å². The molecule has 0 heterocycles. The van der Waals surface area contributed by atoms with Crippen LogP contribution in [-0.2, 0) is 20.0 Å². The maximum absolute atomic E-state index is 11.8. The summed E-state index contributed by atoms with van der Waals surface area (Å²) >= 11 is 0. The summed E-state index contributed by atoms with van der Waals surface area (Å²) in [4.78, 5) is 0. The summed E-state index contributed by atoms with van der Waals surface area (Å²) in [7, 11) is -6.78. The van der Waals surface area contributed by atoms with E-state index in [1.807, 2.05) is 0 Å². The second-order valence-electron chi connectivity index (χ2n) is 4.38. The first kappa shape index (κ1) is 16.9. The zero-order valence-corrected chi connectivity index (χ0v) is 13.2. The van der Waals surface area contributed by atoms with Crippen LogP contribution >= 0.6 is 0 Å². The summed E-state index contributed by atoms with van der Waals surface area (Å²) in [5.74, 6) is 0.0389. The van der Waals surface area contributed by atoms with Crippen LogP contribution in [0.25, 0.3) is 0 Å². The third-order valence-electron chi connectivity index (χ3n) is 2.55. The Labute approximate surface area is 120 Å². The standard InChI is InChI=1S/C12H20N2O4S2/c1-3-11-20(17,18)13-9-10-14(19(2,15)16)12-7-5-4-6-8-12/h4-8,13H,3,9-11H2,1-2H3. The molecule has 0 atom stereocenters. The van der Waals surface area contributed by atoms with E-state index in [9.17, 15) is 16.8 Å². The molecule has 0 aliphatic carbocycles. The SMILES string of the molecule is CCCS(=O)(=O)NCCN(c1ccccc1)S(C)(=O)=O. The van der Waals surface area contributed by atoms with Gasteiger partial charge in [-0.1, -0.05) is 25.1 Å². The van der Waals surface area contributed by atoms with Crippen LogP contribution < -0.4 is 9.03 Å². The molecule has 1 N–H and O–H groups in total. The van der Waals surface area contributed by atoms with Crippen LogP contribution in [0.2, 0.25) is 0 Å². The predicted molar refractivity (Wildman–Crippen MR) is 80.7 cm³/mol. The summed E-state index contributed by atoms with van der Waals surface area (Å²) in [6.45, 7) is 1.88. The molecule has 20 heavy (non-hydrogen) atoms. The molecule has 0 aliphatic rings. The van der Waals surface area contributed by atoms with Crippen molar-refractivity contribution in [3.8, 4) is 0 Å². The van der Waals surface area contributed by atoms with E-state index in [0.717, 1.165) is 6.26 Å². The molecule has 1 aromatic carbocycles. The second kappa shape index (κ2) is 7.05. The van der Waals surface area contributed by atoms with Gasteiger partial charge in [0.1, 0.15) is 0 Å². The lowest BCUT2D eigenvalue weighted by atomic mass is 10.3. The number of hydrogen-bond donors (Lipinski definition) is 1. The quantitative estimate of drug-likeness (QED) is 0.767. The summed E-state index contributed by atoms with van der Waals surface area (Å²) in [6, 6.07) is 8.58. The summed E-state index contributed by atoms with van der Waals surface area (Å²) in [6.07, 6.45) is 1.62. The number of rotatable bonds is 8. The molecule has 6 nitrogen and oxygen atoms in total. The Hall–Kier alpha value is -1.12. The fourth-order valence-corrected chi connectivity index (χ4v) is 3.74. The molecule has 0 aromatic heterocycles. The molecule has 0 saturated carbocycles. The van der Waals surface area contributed by atoms with Gasteiger partial charge in [0, 0.05) is 13.1 Å². The van der Waals surface area contributed by atoms with Crippen LogP contribution in [-0.4, -0.2) is 41.9 Å². The molecule has 8 heteroatoms. The smallest absolute Gasteiger partial charge is 0.232 e. The summed E-state index contributed by atoms with van der Waals surface area (Å²) < 4.78 is 50.1. The third kappa shape index (κ3) is 5.48. The van der Waals surface area contributed by atoms with Crippen molar-refractivity contribution in [1.29, 1.82) is 0 Å². The highest BCUT2D eigenvalue weighted by Gasteiger charge is 2.17. The summed E-state index contributed by atoms with van der Waals surface area (Å²) in [5.41, 5.74) is 0.518. The fourth-order valence-electron chi connectivity index (χ4n) is 1.72. The van der Waals surface area contributed by atoms with Gasteiger partial charge in [0.15, 0.2) is 0 Å². The molecule has 0 unspecified atom stereocenters. The van der Waals surface area contributed by atoms with E-state index in [4.69, 9.17) is 0 Å². The predicted octanol–water partition coefficient (Wildman–Crippen LogP) is 0.782. The molecular formula is C12H20N2O4S2. The van der Waals surface area contributed by atoms with Gasteiger partial charge in [-0.2, -0.15) is 0 Å². The van der Waals surface area contributed by atoms with Gasteiger partial charge in [-0.25, -0.2) is 21.6 Å². The lowest BCUT2D eigenvalue weighted by Crippen LogP contribution is -2.38. The molecule has 0 radical (unpaired) electrons. The Morgan fingerprint density at radius 2 is 1.70 bits per heavy atom. The minimum Gasteiger partial charge on any atom is -0.269 e. The van der Waals surface area contributed by atoms with E-state index in [-0.39, 0.29) is 18.8 Å². The van der Waals surface area contributed by atoms with Crippen molar-refractivity contribution >= 4 is 25.7 Å². The molecule has 0 saturated heterocycles. The van der Waals surface area contributed by atoms with Gasteiger partial charge in [0.25, 0.3) is 0 Å². The van der Waals surface area contributed by atoms with Crippen LogP contribution in [0.15, 0.2) is 30.3 Å². The van der Waals surface area contributed by atoms with Crippen molar-refractivity contribution in [3.05, 3.63) is 30.3 Å². The first-order valence-electron chi connectivity index (χ1n) is 6.26. The first-order valence-corrected chi connectivity index (χ1v) is 9.76. The highest BCUT2D eigenvalue weighted by molar-refractivity contribution is 7.92. The molecule has 114 valence electrons. The van der Waals surface area contributed by atoms with Crippen molar-refractivity contribution in [1.82, 2.24) is 4.72 Å². The topological polar surface area (TPSA) is 83.6 Å². The minimum atomic E-state index is -3.45. The van der Waals surface area contributed by atoms with Gasteiger partial charge in [0.2, 0.25) is 20.0 Å². The number of sulfonamides is 2. The van der Waals surface area contributed by atoms with E-state index < -0.39 is 20.0 Å². The molecule has 0 amide bonds. The Bertz CT molecular complexity index is 612. The maximum atomic E-state index is 11.8. The third-order valence-corrected chi connectivity index (χ3v) is 5.34. The molecule has 0 aliphatic heterocycles. The van der Waals surface area contributed by atoms with Crippen LogP contribution in [0.4, 0.5) is 5.69 Å². The minimum absolute atomic E-state index is 0.0389. The van der Waals surface area contributed by atoms with Crippen LogP contribution in [0, 0.1) is 0 Å². The average Bonchev–Trinajstić information content (AvgIpc) is 2.34. The van der Waals surface area contributed by atoms with Crippen molar-refractivity contribution in [3.63, 3.8) is 0 Å². The van der Waals surface area contributed by atoms with E-state index in [0.29, 0.717) is 12.1 Å². The Kier molecular flexibility index (Phi) is 5.97. The largest absolute Gasteiger partial charge is 0.269 e. The number of nitrogens with one attached hydrogen (secondary N) is 1. The van der Waals surface area contributed by atoms with Gasteiger partial charge in [-0.3, -0.25) is 4.31 Å². The van der Waals surface area contributed by atoms with Gasteiger partial charge in [-0.05, 0) is 18.6 Å². The molecule has 0 fully saturated rings. The normalized spacial score (nSPS) is 12.3. The van der Waals surface area contributed by atoms with Crippen LogP contribution in [0.3, 0.4) is 0 Å². The lowest BCUT2D eigenvalue weighted by Gasteiger charge is -2.22. The van der Waals surface area contributed by atoms with E-state index in [1.54, 1.807) is 37.3 Å². The first-order chi connectivity index (χ1) is 9.26. The Morgan fingerprint density at radius 1 is 1.10 bits per heavy atom. The zero-order valence-electron chi connectivity index (χ0n) is 11.6. The van der Waals surface area contributed by atoms with Gasteiger partial charge in [0.05, 0.1) is 17.7 Å². The Balaban J connectivity index is 2.75. The lowest BCUT2D eigenvalue weighted by molar-refractivity contribution is 0.577. The number of nitrogens with zero attached hydrogens (tertiary/aromatic N) is 1. The van der Waals surface area contributed by atoms with Gasteiger partial charge >= 0.3 is 0 Å². The van der Waals surface area contributed by atoms with Crippen LogP contribution in [0.1, 0.15) is 13.3 Å². The molecular weight excluding hydrogens is 300 g/mol. The molecule has 0 spiro atoms. The van der Waals surface area contributed by atoms with E-state index >= 15 is 0 Å². The molecule has 1 rings (SSSR count). The fraction of sp³-hybridized carbons (Fsp3) is 0.500. The van der Waals surface area contributed by atoms with Crippen molar-refractivity contribution in [2.45, 2.75) is 13.3 Å². The highest BCUT2D eigenvalue weighted by Crippen LogP contribution is 2.15. The highest BCUT2D eigenvalue weighted by atomic mass is 32.2. The molecule has 0 bridgehead atoms. The average molecular weight is 320 g/mol. The second-order valence-corrected chi connectivity index (χ2v) is 8.22. The number of benzene rings is 1. The van der Waals surface area contributed by atoms with Crippen molar-refractivity contribution in [2.24, 2.45) is 0 Å². The van der Waals surface area contributed by atoms with Crippen LogP contribution in [0.5, 0.6) is 0 Å². The van der Waals surface area contributed by atoms with Crippen molar-refractivity contribution < 1.29 is 16.8 Å². The van der Waals surface area contributed by atoms with Crippen molar-refractivity contribution in [2.75, 3.05) is 29.4 Å². The monoisotopic (exact) mass is 320 g/mol. The number of para-hydroxylation sites is 1. The maximum Gasteiger partial charge on any atom is 0.232 e. The summed E-state index contributed by atoms with van der Waals surface area (Å²) in [5, 5.41) is 0. The zero-order chi connectivity index (χ0) is 15.2. The number of anilines is 1. The molecule has 1 aromatic rings. The number of hydrogen-bond acceptors (Lipinski definition) is 4. The Morgan fingerprint density at radius 3 is 2.20 bits per heavy atom. The van der Waals surface area contributed by atoms with E-state index in [1.165, 1.54) is 4.31 Å². The van der Waals surface area contributed by atoms with E-state index in [2.05, 4.69) is 4.72 Å².